The number of carbonyl (C=O) groups is 2. The highest BCUT2D eigenvalue weighted by atomic mass is 127. The third-order valence-electron chi connectivity index (χ3n) is 3.46. The zero-order chi connectivity index (χ0) is 18.1. The maximum atomic E-state index is 12.5. The number of benzene rings is 2. The van der Waals surface area contributed by atoms with Crippen LogP contribution in [0.4, 0.5) is 4.79 Å². The van der Waals surface area contributed by atoms with Gasteiger partial charge in [0.15, 0.2) is 5.75 Å². The molecule has 1 aliphatic rings. The number of halogens is 3. The Morgan fingerprint density at radius 3 is 2.32 bits per heavy atom. The van der Waals surface area contributed by atoms with Crippen molar-refractivity contribution in [2.45, 2.75) is 6.54 Å². The number of rotatable bonds is 3. The smallest absolute Gasteiger partial charge is 0.293 e. The number of phenols is 1. The topological polar surface area (TPSA) is 57.6 Å². The molecule has 0 spiro atoms. The molecule has 1 saturated heterocycles. The van der Waals surface area contributed by atoms with Crippen LogP contribution in [0.5, 0.6) is 5.75 Å². The first-order chi connectivity index (χ1) is 11.8. The van der Waals surface area contributed by atoms with Crippen molar-refractivity contribution in [2.24, 2.45) is 0 Å². The van der Waals surface area contributed by atoms with Gasteiger partial charge in [0, 0.05) is 3.57 Å². The van der Waals surface area contributed by atoms with Crippen LogP contribution >= 0.6 is 57.6 Å². The van der Waals surface area contributed by atoms with E-state index >= 15 is 0 Å². The number of phenolic OH excluding ortho intramolecular Hbond substituents is 1. The van der Waals surface area contributed by atoms with Crippen molar-refractivity contribution in [3.05, 3.63) is 66.0 Å². The van der Waals surface area contributed by atoms with Gasteiger partial charge in [-0.2, -0.15) is 0 Å². The van der Waals surface area contributed by atoms with E-state index in [0.29, 0.717) is 5.56 Å². The molecule has 25 heavy (non-hydrogen) atoms. The first-order valence-electron chi connectivity index (χ1n) is 7.03. The molecule has 0 saturated carbocycles. The molecule has 2 amide bonds. The molecule has 1 N–H and O–H groups in total. The Morgan fingerprint density at radius 2 is 1.72 bits per heavy atom. The van der Waals surface area contributed by atoms with Gasteiger partial charge in [-0.05, 0) is 75.8 Å². The zero-order valence-electron chi connectivity index (χ0n) is 12.5. The van der Waals surface area contributed by atoms with Crippen LogP contribution in [0.2, 0.25) is 10.0 Å². The fraction of sp³-hybridized carbons (Fsp3) is 0.0588. The van der Waals surface area contributed by atoms with Crippen LogP contribution in [0.1, 0.15) is 11.1 Å². The van der Waals surface area contributed by atoms with E-state index in [1.165, 1.54) is 23.1 Å². The van der Waals surface area contributed by atoms with E-state index in [1.807, 2.05) is 24.3 Å². The molecule has 0 aliphatic carbocycles. The number of hydrogen-bond acceptors (Lipinski definition) is 4. The van der Waals surface area contributed by atoms with Crippen molar-refractivity contribution in [1.29, 1.82) is 0 Å². The SMILES string of the molecule is O=C1S/C(=C\c2cc(Cl)c(O)c(Cl)c2)C(=O)N1Cc1ccc(I)cc1. The van der Waals surface area contributed by atoms with Gasteiger partial charge < -0.3 is 5.11 Å². The van der Waals surface area contributed by atoms with E-state index in [4.69, 9.17) is 23.2 Å². The molecule has 128 valence electrons. The molecule has 4 nitrogen and oxygen atoms in total. The van der Waals surface area contributed by atoms with Crippen LogP contribution < -0.4 is 0 Å². The third-order valence-corrected chi connectivity index (χ3v) is 5.67. The Bertz CT molecular complexity index is 876. The molecule has 8 heteroatoms. The second kappa shape index (κ2) is 7.57. The lowest BCUT2D eigenvalue weighted by molar-refractivity contribution is -0.123. The summed E-state index contributed by atoms with van der Waals surface area (Å²) in [5, 5.41) is 9.42. The second-order valence-electron chi connectivity index (χ2n) is 5.23. The summed E-state index contributed by atoms with van der Waals surface area (Å²) in [7, 11) is 0. The average molecular weight is 506 g/mol. The number of carbonyl (C=O) groups excluding carboxylic acids is 2. The largest absolute Gasteiger partial charge is 0.505 e. The van der Waals surface area contributed by atoms with E-state index in [0.717, 1.165) is 20.9 Å². The predicted molar refractivity (Wildman–Crippen MR) is 109 cm³/mol. The summed E-state index contributed by atoms with van der Waals surface area (Å²) in [6, 6.07) is 10.6. The summed E-state index contributed by atoms with van der Waals surface area (Å²) < 4.78 is 1.08. The molecule has 1 fully saturated rings. The van der Waals surface area contributed by atoms with E-state index in [9.17, 15) is 14.7 Å². The molecule has 3 rings (SSSR count). The normalized spacial score (nSPS) is 16.1. The molecule has 0 unspecified atom stereocenters. The minimum absolute atomic E-state index is 0.0804. The number of nitrogens with zero attached hydrogens (tertiary/aromatic N) is 1. The van der Waals surface area contributed by atoms with Gasteiger partial charge in [-0.1, -0.05) is 35.3 Å². The maximum Gasteiger partial charge on any atom is 0.293 e. The molecule has 0 atom stereocenters. The van der Waals surface area contributed by atoms with Gasteiger partial charge in [-0.15, -0.1) is 0 Å². The Hall–Kier alpha value is -1.22. The Labute approximate surface area is 171 Å². The second-order valence-corrected chi connectivity index (χ2v) is 8.28. The van der Waals surface area contributed by atoms with Gasteiger partial charge in [0.25, 0.3) is 11.1 Å². The number of imide groups is 1. The van der Waals surface area contributed by atoms with E-state index in [2.05, 4.69) is 22.6 Å². The minimum atomic E-state index is -0.367. The summed E-state index contributed by atoms with van der Waals surface area (Å²) in [6.45, 7) is 0.218. The lowest BCUT2D eigenvalue weighted by Crippen LogP contribution is -2.27. The number of hydrogen-bond donors (Lipinski definition) is 1. The molecule has 1 heterocycles. The molecule has 2 aromatic rings. The van der Waals surface area contributed by atoms with Gasteiger partial charge in [-0.3, -0.25) is 14.5 Å². The fourth-order valence-corrected chi connectivity index (χ4v) is 3.93. The summed E-state index contributed by atoms with van der Waals surface area (Å²) in [5.74, 6) is -0.582. The van der Waals surface area contributed by atoms with Crippen molar-refractivity contribution in [1.82, 2.24) is 4.90 Å². The van der Waals surface area contributed by atoms with Crippen LogP contribution in [0.3, 0.4) is 0 Å². The monoisotopic (exact) mass is 505 g/mol. The Balaban J connectivity index is 1.84. The van der Waals surface area contributed by atoms with Crippen molar-refractivity contribution in [3.63, 3.8) is 0 Å². The van der Waals surface area contributed by atoms with Gasteiger partial charge in [0.1, 0.15) is 0 Å². The van der Waals surface area contributed by atoms with Gasteiger partial charge in [-0.25, -0.2) is 0 Å². The lowest BCUT2D eigenvalue weighted by Gasteiger charge is -2.12. The highest BCUT2D eigenvalue weighted by Gasteiger charge is 2.35. The summed E-state index contributed by atoms with van der Waals surface area (Å²) >= 11 is 14.8. The summed E-state index contributed by atoms with van der Waals surface area (Å²) in [4.78, 5) is 26.2. The van der Waals surface area contributed by atoms with Crippen LogP contribution in [0, 0.1) is 3.57 Å². The summed E-state index contributed by atoms with van der Waals surface area (Å²) in [5.41, 5.74) is 1.41. The van der Waals surface area contributed by atoms with Gasteiger partial charge in [0.2, 0.25) is 0 Å². The van der Waals surface area contributed by atoms with E-state index in [-0.39, 0.29) is 38.4 Å². The van der Waals surface area contributed by atoms with Crippen LogP contribution in [0.15, 0.2) is 41.3 Å². The first kappa shape index (κ1) is 18.6. The Kier molecular flexibility index (Phi) is 5.62. The fourth-order valence-electron chi connectivity index (χ4n) is 2.23. The molecule has 2 aromatic carbocycles. The van der Waals surface area contributed by atoms with Crippen LogP contribution in [-0.4, -0.2) is 21.2 Å². The Morgan fingerprint density at radius 1 is 1.12 bits per heavy atom. The number of amides is 2. The van der Waals surface area contributed by atoms with Crippen molar-refractivity contribution < 1.29 is 14.7 Å². The van der Waals surface area contributed by atoms with Gasteiger partial charge >= 0.3 is 0 Å². The predicted octanol–water partition coefficient (Wildman–Crippen LogP) is 5.54. The molecular weight excluding hydrogens is 496 g/mol. The number of thioether (sulfide) groups is 1. The van der Waals surface area contributed by atoms with Crippen molar-refractivity contribution in [2.75, 3.05) is 0 Å². The van der Waals surface area contributed by atoms with Gasteiger partial charge in [0.05, 0.1) is 21.5 Å². The molecule has 0 radical (unpaired) electrons. The highest BCUT2D eigenvalue weighted by molar-refractivity contribution is 14.1. The molecule has 1 aliphatic heterocycles. The van der Waals surface area contributed by atoms with Crippen LogP contribution in [0.25, 0.3) is 6.08 Å². The van der Waals surface area contributed by atoms with E-state index in [1.54, 1.807) is 0 Å². The van der Waals surface area contributed by atoms with Crippen molar-refractivity contribution >= 4 is 74.8 Å². The van der Waals surface area contributed by atoms with Crippen molar-refractivity contribution in [3.8, 4) is 5.75 Å². The maximum absolute atomic E-state index is 12.5. The quantitative estimate of drug-likeness (QED) is 0.439. The molecular formula is C17H10Cl2INO3S. The first-order valence-corrected chi connectivity index (χ1v) is 9.68. The highest BCUT2D eigenvalue weighted by Crippen LogP contribution is 2.37. The lowest BCUT2D eigenvalue weighted by atomic mass is 10.2. The minimum Gasteiger partial charge on any atom is -0.505 e. The average Bonchev–Trinajstić information content (AvgIpc) is 2.82. The third kappa shape index (κ3) is 4.13. The van der Waals surface area contributed by atoms with Crippen LogP contribution in [-0.2, 0) is 11.3 Å². The number of aromatic hydroxyl groups is 1. The zero-order valence-corrected chi connectivity index (χ0v) is 17.0. The summed E-state index contributed by atoms with van der Waals surface area (Å²) in [6.07, 6.45) is 1.54. The molecule has 0 aromatic heterocycles. The molecule has 0 bridgehead atoms. The standard InChI is InChI=1S/C17H10Cl2INO3S/c18-12-5-10(6-13(19)15(12)22)7-14-16(23)21(17(24)25-14)8-9-1-3-11(20)4-2-9/h1-7,22H,8H2/b14-7-. The van der Waals surface area contributed by atoms with E-state index < -0.39 is 0 Å².